The lowest BCUT2D eigenvalue weighted by molar-refractivity contribution is 0.517. The van der Waals surface area contributed by atoms with Gasteiger partial charge < -0.3 is 0 Å². The van der Waals surface area contributed by atoms with Crippen LogP contribution in [0.4, 0.5) is 0 Å². The van der Waals surface area contributed by atoms with Crippen LogP contribution >= 0.6 is 0 Å². The molecule has 0 aromatic rings. The van der Waals surface area contributed by atoms with Crippen LogP contribution in [0.25, 0.3) is 0 Å². The van der Waals surface area contributed by atoms with Gasteiger partial charge in [0.05, 0.1) is 0 Å². The Hall–Kier alpha value is -0.0800. The van der Waals surface area contributed by atoms with Gasteiger partial charge in [-0.1, -0.05) is 6.92 Å². The minimum Gasteiger partial charge on any atom is -0.271 e. The molecule has 1 fully saturated rings. The molecule has 0 radical (unpaired) electrons. The molecule has 2 nitrogen and oxygen atoms in total. The Balaban J connectivity index is 2.22. The molecule has 1 aliphatic rings. The van der Waals surface area contributed by atoms with E-state index in [2.05, 4.69) is 12.3 Å². The molecule has 0 bridgehead atoms. The van der Waals surface area contributed by atoms with Crippen molar-refractivity contribution < 1.29 is 0 Å². The molecule has 0 saturated heterocycles. The molecule has 0 aromatic heterocycles. The van der Waals surface area contributed by atoms with Gasteiger partial charge in [-0.2, -0.15) is 0 Å². The van der Waals surface area contributed by atoms with Crippen molar-refractivity contribution in [3.63, 3.8) is 0 Å². The summed E-state index contributed by atoms with van der Waals surface area (Å²) in [5.41, 5.74) is 2.79. The van der Waals surface area contributed by atoms with E-state index >= 15 is 0 Å². The molecular formula is C6H14N2. The summed E-state index contributed by atoms with van der Waals surface area (Å²) in [7, 11) is 0. The van der Waals surface area contributed by atoms with Crippen LogP contribution in [0.3, 0.4) is 0 Å². The summed E-state index contributed by atoms with van der Waals surface area (Å²) < 4.78 is 0. The average Bonchev–Trinajstić information content (AvgIpc) is 2.14. The first kappa shape index (κ1) is 6.05. The quantitative estimate of drug-likeness (QED) is 0.388. The van der Waals surface area contributed by atoms with Gasteiger partial charge >= 0.3 is 0 Å². The van der Waals surface area contributed by atoms with Crippen LogP contribution in [0.5, 0.6) is 0 Å². The van der Waals surface area contributed by atoms with E-state index in [1.54, 1.807) is 0 Å². The molecule has 1 aliphatic carbocycles. The highest BCUT2D eigenvalue weighted by Crippen LogP contribution is 2.23. The summed E-state index contributed by atoms with van der Waals surface area (Å²) in [4.78, 5) is 0. The van der Waals surface area contributed by atoms with Gasteiger partial charge in [-0.15, -0.1) is 0 Å². The maximum absolute atomic E-state index is 5.25. The summed E-state index contributed by atoms with van der Waals surface area (Å²) in [5.74, 6) is 6.13. The third-order valence-corrected chi connectivity index (χ3v) is 1.93. The van der Waals surface area contributed by atoms with Crippen molar-refractivity contribution >= 4 is 0 Å². The van der Waals surface area contributed by atoms with E-state index in [0.29, 0.717) is 6.04 Å². The van der Waals surface area contributed by atoms with Gasteiger partial charge in [0.1, 0.15) is 0 Å². The van der Waals surface area contributed by atoms with Gasteiger partial charge in [0, 0.05) is 6.04 Å². The highest BCUT2D eigenvalue weighted by atomic mass is 15.2. The molecule has 2 heteroatoms. The van der Waals surface area contributed by atoms with E-state index in [-0.39, 0.29) is 0 Å². The maximum atomic E-state index is 5.25. The summed E-state index contributed by atoms with van der Waals surface area (Å²) in [6.07, 6.45) is 3.86. The normalized spacial score (nSPS) is 38.2. The first-order valence-corrected chi connectivity index (χ1v) is 3.29. The summed E-state index contributed by atoms with van der Waals surface area (Å²) in [6, 6.07) is 0.602. The molecule has 1 rings (SSSR count). The van der Waals surface area contributed by atoms with Gasteiger partial charge in [0.2, 0.25) is 0 Å². The Labute approximate surface area is 50.4 Å². The minimum absolute atomic E-state index is 0.602. The van der Waals surface area contributed by atoms with E-state index in [0.717, 1.165) is 5.92 Å². The summed E-state index contributed by atoms with van der Waals surface area (Å²) >= 11 is 0. The van der Waals surface area contributed by atoms with Crippen molar-refractivity contribution in [3.8, 4) is 0 Å². The van der Waals surface area contributed by atoms with Crippen molar-refractivity contribution in [2.24, 2.45) is 11.8 Å². The maximum Gasteiger partial charge on any atom is 0.0213 e. The van der Waals surface area contributed by atoms with E-state index in [1.807, 2.05) is 0 Å². The second kappa shape index (κ2) is 2.46. The topological polar surface area (TPSA) is 38.0 Å². The fourth-order valence-electron chi connectivity index (χ4n) is 1.36. The van der Waals surface area contributed by atoms with E-state index in [1.165, 1.54) is 19.3 Å². The van der Waals surface area contributed by atoms with Crippen molar-refractivity contribution in [3.05, 3.63) is 0 Å². The molecule has 8 heavy (non-hydrogen) atoms. The molecule has 0 unspecified atom stereocenters. The fraction of sp³-hybridized carbons (Fsp3) is 1.00. The highest BCUT2D eigenvalue weighted by Gasteiger charge is 2.18. The van der Waals surface area contributed by atoms with Gasteiger partial charge in [0.25, 0.3) is 0 Å². The van der Waals surface area contributed by atoms with Crippen LogP contribution in [0.2, 0.25) is 0 Å². The van der Waals surface area contributed by atoms with E-state index < -0.39 is 0 Å². The first-order valence-electron chi connectivity index (χ1n) is 3.29. The van der Waals surface area contributed by atoms with Crippen molar-refractivity contribution in [2.75, 3.05) is 0 Å². The Morgan fingerprint density at radius 2 is 2.25 bits per heavy atom. The second-order valence-electron chi connectivity index (χ2n) is 2.78. The first-order chi connectivity index (χ1) is 3.83. The number of hydrogen-bond donors (Lipinski definition) is 2. The Bertz CT molecular complexity index is 72.9. The van der Waals surface area contributed by atoms with Crippen LogP contribution in [0, 0.1) is 5.92 Å². The molecule has 3 N–H and O–H groups in total. The zero-order valence-corrected chi connectivity index (χ0v) is 5.35. The van der Waals surface area contributed by atoms with E-state index in [4.69, 9.17) is 5.84 Å². The third-order valence-electron chi connectivity index (χ3n) is 1.93. The van der Waals surface area contributed by atoms with Crippen LogP contribution in [-0.4, -0.2) is 6.04 Å². The molecule has 0 aliphatic heterocycles. The number of rotatable bonds is 1. The smallest absolute Gasteiger partial charge is 0.0213 e. The summed E-state index contributed by atoms with van der Waals surface area (Å²) in [5, 5.41) is 0. The molecule has 48 valence electrons. The predicted octanol–water partition coefficient (Wildman–Crippen LogP) is 0.638. The van der Waals surface area contributed by atoms with E-state index in [9.17, 15) is 0 Å². The number of hydrazine groups is 1. The van der Waals surface area contributed by atoms with Crippen LogP contribution in [0.15, 0.2) is 0 Å². The van der Waals surface area contributed by atoms with Crippen molar-refractivity contribution in [1.82, 2.24) is 5.43 Å². The van der Waals surface area contributed by atoms with Crippen LogP contribution in [0.1, 0.15) is 26.2 Å². The second-order valence-corrected chi connectivity index (χ2v) is 2.78. The van der Waals surface area contributed by atoms with Crippen LogP contribution in [-0.2, 0) is 0 Å². The number of hydrogen-bond acceptors (Lipinski definition) is 2. The summed E-state index contributed by atoms with van der Waals surface area (Å²) in [6.45, 7) is 2.28. The molecule has 1 saturated carbocycles. The lowest BCUT2D eigenvalue weighted by atomic mass is 10.1. The Morgan fingerprint density at radius 3 is 2.50 bits per heavy atom. The fourth-order valence-corrected chi connectivity index (χ4v) is 1.36. The Kier molecular flexibility index (Phi) is 1.86. The lowest BCUT2D eigenvalue weighted by Crippen LogP contribution is -2.32. The van der Waals surface area contributed by atoms with Gasteiger partial charge in [-0.3, -0.25) is 11.3 Å². The van der Waals surface area contributed by atoms with Gasteiger partial charge in [0.15, 0.2) is 0 Å². The van der Waals surface area contributed by atoms with Gasteiger partial charge in [-0.05, 0) is 25.2 Å². The monoisotopic (exact) mass is 114 g/mol. The molecule has 2 atom stereocenters. The Morgan fingerprint density at radius 1 is 1.50 bits per heavy atom. The SMILES string of the molecule is C[C@H]1CC[C@@H](NN)C1. The zero-order chi connectivity index (χ0) is 5.98. The van der Waals surface area contributed by atoms with Crippen molar-refractivity contribution in [2.45, 2.75) is 32.2 Å². The molecular weight excluding hydrogens is 100 g/mol. The molecule has 0 spiro atoms. The van der Waals surface area contributed by atoms with Gasteiger partial charge in [-0.25, -0.2) is 0 Å². The molecule has 0 amide bonds. The standard InChI is InChI=1S/C6H14N2/c1-5-2-3-6(4-5)8-7/h5-6,8H,2-4,7H2,1H3/t5-,6+/m0/s1. The van der Waals surface area contributed by atoms with Crippen LogP contribution < -0.4 is 11.3 Å². The zero-order valence-electron chi connectivity index (χ0n) is 5.35. The molecule has 0 heterocycles. The minimum atomic E-state index is 0.602. The average molecular weight is 114 g/mol. The van der Waals surface area contributed by atoms with Crippen molar-refractivity contribution in [1.29, 1.82) is 0 Å². The third kappa shape index (κ3) is 1.20. The lowest BCUT2D eigenvalue weighted by Gasteiger charge is -2.04. The largest absolute Gasteiger partial charge is 0.271 e. The highest BCUT2D eigenvalue weighted by molar-refractivity contribution is 4.75. The predicted molar refractivity (Wildman–Crippen MR) is 34.1 cm³/mol. The number of nitrogens with two attached hydrogens (primary N) is 1. The number of nitrogens with one attached hydrogen (secondary N) is 1. The molecule has 0 aromatic carbocycles.